The molecule has 6 heteroatoms. The summed E-state index contributed by atoms with van der Waals surface area (Å²) in [5.41, 5.74) is 0. The lowest BCUT2D eigenvalue weighted by Crippen LogP contribution is -2.41. The summed E-state index contributed by atoms with van der Waals surface area (Å²) in [6, 6.07) is 0. The van der Waals surface area contributed by atoms with Crippen molar-refractivity contribution >= 4 is 15.9 Å². The number of carbonyl (C=O) groups excluding carboxylic acids is 1. The van der Waals surface area contributed by atoms with E-state index in [4.69, 9.17) is 0 Å². The summed E-state index contributed by atoms with van der Waals surface area (Å²) in [6.45, 7) is 5.38. The van der Waals surface area contributed by atoms with Crippen LogP contribution in [0.2, 0.25) is 0 Å². The van der Waals surface area contributed by atoms with Crippen LogP contribution in [0.25, 0.3) is 0 Å². The fraction of sp³-hybridized carbons (Fsp3) is 0.923. The summed E-state index contributed by atoms with van der Waals surface area (Å²) < 4.78 is 32.2. The van der Waals surface area contributed by atoms with Crippen molar-refractivity contribution in [3.8, 4) is 0 Å². The molecule has 0 amide bonds. The summed E-state index contributed by atoms with van der Waals surface area (Å²) in [5.74, 6) is 0.105. The lowest BCUT2D eigenvalue weighted by atomic mass is 10.0. The molecule has 0 saturated heterocycles. The summed E-state index contributed by atoms with van der Waals surface area (Å²) in [4.78, 5) is 11.4. The molecular weight excluding hydrogens is 266 g/mol. The van der Waals surface area contributed by atoms with E-state index in [1.165, 1.54) is 0 Å². The SMILES string of the molecule is CC(C)C(=O)CCCC[N+](C)(C)CCCS(=O)(=O)[O-]. The van der Waals surface area contributed by atoms with E-state index in [9.17, 15) is 17.8 Å². The molecule has 5 nitrogen and oxygen atoms in total. The molecule has 0 fully saturated rings. The third kappa shape index (κ3) is 11.1. The number of hydrogen-bond donors (Lipinski definition) is 0. The minimum absolute atomic E-state index is 0.102. The number of hydrogen-bond acceptors (Lipinski definition) is 4. The van der Waals surface area contributed by atoms with E-state index in [1.807, 2.05) is 27.9 Å². The van der Waals surface area contributed by atoms with Crippen LogP contribution in [0.15, 0.2) is 0 Å². The van der Waals surface area contributed by atoms with Crippen LogP contribution in [-0.2, 0) is 14.9 Å². The summed E-state index contributed by atoms with van der Waals surface area (Å²) in [5, 5.41) is 0. The molecule has 19 heavy (non-hydrogen) atoms. The second-order valence-electron chi connectivity index (χ2n) is 6.08. The smallest absolute Gasteiger partial charge is 0.135 e. The number of unbranched alkanes of at least 4 members (excludes halogenated alkanes) is 1. The highest BCUT2D eigenvalue weighted by Crippen LogP contribution is 2.08. The number of ketones is 1. The Kier molecular flexibility index (Phi) is 7.78. The molecule has 0 aliphatic carbocycles. The van der Waals surface area contributed by atoms with E-state index in [2.05, 4.69) is 0 Å². The molecule has 114 valence electrons. The van der Waals surface area contributed by atoms with E-state index >= 15 is 0 Å². The van der Waals surface area contributed by atoms with Crippen LogP contribution >= 0.6 is 0 Å². The first-order chi connectivity index (χ1) is 8.53. The molecule has 0 aromatic heterocycles. The molecule has 0 aliphatic rings. The molecule has 0 aliphatic heterocycles. The Bertz CT molecular complexity index is 374. The summed E-state index contributed by atoms with van der Waals surface area (Å²) in [6.07, 6.45) is 2.82. The molecule has 0 heterocycles. The quantitative estimate of drug-likeness (QED) is 0.346. The van der Waals surface area contributed by atoms with Crippen molar-refractivity contribution in [1.82, 2.24) is 0 Å². The van der Waals surface area contributed by atoms with E-state index in [1.54, 1.807) is 0 Å². The number of Topliss-reactive ketones (excluding diaryl/α,β-unsaturated/α-hetero) is 1. The van der Waals surface area contributed by atoms with Gasteiger partial charge in [-0.25, -0.2) is 8.42 Å². The van der Waals surface area contributed by atoms with Gasteiger partial charge in [0.1, 0.15) is 5.78 Å². The maximum Gasteiger partial charge on any atom is 0.135 e. The third-order valence-electron chi connectivity index (χ3n) is 3.24. The lowest BCUT2D eigenvalue weighted by molar-refractivity contribution is -0.890. The minimum atomic E-state index is -4.10. The molecule has 0 atom stereocenters. The lowest BCUT2D eigenvalue weighted by Gasteiger charge is -2.30. The molecule has 0 aromatic rings. The van der Waals surface area contributed by atoms with Gasteiger partial charge in [0.2, 0.25) is 0 Å². The van der Waals surface area contributed by atoms with Gasteiger partial charge in [0, 0.05) is 24.5 Å². The fourth-order valence-electron chi connectivity index (χ4n) is 1.91. The number of quaternary nitrogens is 1. The molecular formula is C13H27NO4S. The van der Waals surface area contributed by atoms with Crippen molar-refractivity contribution in [1.29, 1.82) is 0 Å². The van der Waals surface area contributed by atoms with Crippen molar-refractivity contribution in [2.75, 3.05) is 32.9 Å². The third-order valence-corrected chi connectivity index (χ3v) is 4.03. The summed E-state index contributed by atoms with van der Waals surface area (Å²) >= 11 is 0. The zero-order valence-electron chi connectivity index (χ0n) is 12.5. The van der Waals surface area contributed by atoms with Crippen LogP contribution in [0.4, 0.5) is 0 Å². The fourth-order valence-corrected chi connectivity index (χ4v) is 2.39. The maximum absolute atomic E-state index is 11.4. The Hall–Kier alpha value is -0.460. The second kappa shape index (κ2) is 7.97. The predicted octanol–water partition coefficient (Wildman–Crippen LogP) is 1.39. The summed E-state index contributed by atoms with van der Waals surface area (Å²) in [7, 11) is -0.0660. The van der Waals surface area contributed by atoms with Gasteiger partial charge in [-0.05, 0) is 12.8 Å². The average Bonchev–Trinajstić information content (AvgIpc) is 2.21. The Morgan fingerprint density at radius 3 is 2.11 bits per heavy atom. The van der Waals surface area contributed by atoms with Gasteiger partial charge >= 0.3 is 0 Å². The second-order valence-corrected chi connectivity index (χ2v) is 7.60. The van der Waals surface area contributed by atoms with Gasteiger partial charge in [0.25, 0.3) is 0 Å². The molecule has 0 spiro atoms. The maximum atomic E-state index is 11.4. The Balaban J connectivity index is 3.82. The Labute approximate surface area is 117 Å². The van der Waals surface area contributed by atoms with Crippen LogP contribution in [-0.4, -0.2) is 56.2 Å². The zero-order chi connectivity index (χ0) is 15.1. The minimum Gasteiger partial charge on any atom is -0.748 e. The normalized spacial score (nSPS) is 12.9. The van der Waals surface area contributed by atoms with Crippen molar-refractivity contribution in [2.24, 2.45) is 5.92 Å². The van der Waals surface area contributed by atoms with Gasteiger partial charge in [0.05, 0.1) is 37.3 Å². The van der Waals surface area contributed by atoms with Gasteiger partial charge in [-0.3, -0.25) is 4.79 Å². The van der Waals surface area contributed by atoms with E-state index in [0.29, 0.717) is 29.7 Å². The van der Waals surface area contributed by atoms with E-state index in [-0.39, 0.29) is 11.7 Å². The van der Waals surface area contributed by atoms with Crippen LogP contribution in [0, 0.1) is 5.92 Å². The molecule has 0 N–H and O–H groups in total. The predicted molar refractivity (Wildman–Crippen MR) is 74.7 cm³/mol. The number of rotatable bonds is 10. The Morgan fingerprint density at radius 1 is 1.11 bits per heavy atom. The van der Waals surface area contributed by atoms with Gasteiger partial charge in [-0.2, -0.15) is 0 Å². The van der Waals surface area contributed by atoms with Crippen LogP contribution in [0.1, 0.15) is 39.5 Å². The standard InChI is InChI=1S/C13H27NO4S/c1-12(2)13(15)8-5-6-9-14(3,4)10-7-11-19(16,17)18/h12H,5-11H2,1-4H3. The first-order valence-electron chi connectivity index (χ1n) is 6.82. The Morgan fingerprint density at radius 2 is 1.63 bits per heavy atom. The largest absolute Gasteiger partial charge is 0.748 e. The van der Waals surface area contributed by atoms with Gasteiger partial charge in [0.15, 0.2) is 0 Å². The molecule has 0 aromatic carbocycles. The van der Waals surface area contributed by atoms with E-state index in [0.717, 1.165) is 19.4 Å². The number of carbonyl (C=O) groups is 1. The highest BCUT2D eigenvalue weighted by molar-refractivity contribution is 7.85. The van der Waals surface area contributed by atoms with Gasteiger partial charge in [-0.1, -0.05) is 13.8 Å². The monoisotopic (exact) mass is 293 g/mol. The first-order valence-corrected chi connectivity index (χ1v) is 8.39. The van der Waals surface area contributed by atoms with Crippen molar-refractivity contribution in [3.05, 3.63) is 0 Å². The topological polar surface area (TPSA) is 74.3 Å². The average molecular weight is 293 g/mol. The van der Waals surface area contributed by atoms with Gasteiger partial charge < -0.3 is 9.04 Å². The highest BCUT2D eigenvalue weighted by Gasteiger charge is 2.15. The van der Waals surface area contributed by atoms with Crippen LogP contribution in [0.3, 0.4) is 0 Å². The van der Waals surface area contributed by atoms with Gasteiger partial charge in [-0.15, -0.1) is 0 Å². The van der Waals surface area contributed by atoms with Crippen LogP contribution in [0.5, 0.6) is 0 Å². The zero-order valence-corrected chi connectivity index (χ0v) is 13.3. The molecule has 0 unspecified atom stereocenters. The van der Waals surface area contributed by atoms with Crippen molar-refractivity contribution in [3.63, 3.8) is 0 Å². The molecule has 0 rings (SSSR count). The highest BCUT2D eigenvalue weighted by atomic mass is 32.2. The van der Waals surface area contributed by atoms with Crippen LogP contribution < -0.4 is 0 Å². The molecule has 0 bridgehead atoms. The molecule has 0 radical (unpaired) electrons. The van der Waals surface area contributed by atoms with Crippen molar-refractivity contribution < 1.29 is 22.2 Å². The first kappa shape index (κ1) is 18.5. The molecule has 0 saturated carbocycles. The van der Waals surface area contributed by atoms with Crippen molar-refractivity contribution in [2.45, 2.75) is 39.5 Å². The van der Waals surface area contributed by atoms with E-state index < -0.39 is 10.1 Å². The number of nitrogens with zero attached hydrogens (tertiary/aromatic N) is 1.